The van der Waals surface area contributed by atoms with Crippen LogP contribution in [0.25, 0.3) is 0 Å². The van der Waals surface area contributed by atoms with E-state index in [2.05, 4.69) is 26.1 Å². The molecule has 1 N–H and O–H groups in total. The number of hydrogen-bond acceptors (Lipinski definition) is 2. The van der Waals surface area contributed by atoms with Crippen LogP contribution in [0.1, 0.15) is 40.0 Å². The van der Waals surface area contributed by atoms with Gasteiger partial charge in [-0.2, -0.15) is 0 Å². The molecule has 0 amide bonds. The Bertz CT molecular complexity index is 210. The molecular formula is C13H26F2N2. The summed E-state index contributed by atoms with van der Waals surface area (Å²) in [5.74, 6) is 0.614. The molecule has 0 aromatic heterocycles. The standard InChI is InChI=1S/C13H26F2N2/c1-4-5-12-7-16-11(6-10(2)3)8-17(12)9-13(14)15/h10-13,16H,4-9H2,1-3H3. The summed E-state index contributed by atoms with van der Waals surface area (Å²) in [4.78, 5) is 1.98. The fourth-order valence-corrected chi connectivity index (χ4v) is 2.67. The van der Waals surface area contributed by atoms with Gasteiger partial charge in [0.15, 0.2) is 0 Å². The lowest BCUT2D eigenvalue weighted by Crippen LogP contribution is -2.57. The molecule has 1 rings (SSSR count). The third-order valence-electron chi connectivity index (χ3n) is 3.36. The number of piperazine rings is 1. The van der Waals surface area contributed by atoms with Gasteiger partial charge in [0, 0.05) is 25.2 Å². The minimum atomic E-state index is -2.22. The lowest BCUT2D eigenvalue weighted by atomic mass is 9.98. The zero-order valence-corrected chi connectivity index (χ0v) is 11.3. The van der Waals surface area contributed by atoms with Crippen LogP contribution in [0, 0.1) is 5.92 Å². The van der Waals surface area contributed by atoms with Crippen LogP contribution in [-0.4, -0.2) is 43.0 Å². The Labute approximate surface area is 104 Å². The lowest BCUT2D eigenvalue weighted by molar-refractivity contribution is 0.0376. The van der Waals surface area contributed by atoms with Crippen molar-refractivity contribution in [3.8, 4) is 0 Å². The molecule has 0 saturated carbocycles. The minimum absolute atomic E-state index is 0.0685. The van der Waals surface area contributed by atoms with Crippen molar-refractivity contribution in [3.05, 3.63) is 0 Å². The number of nitrogens with one attached hydrogen (secondary N) is 1. The molecule has 1 saturated heterocycles. The number of rotatable bonds is 6. The number of hydrogen-bond donors (Lipinski definition) is 1. The van der Waals surface area contributed by atoms with Crippen LogP contribution in [0.15, 0.2) is 0 Å². The Kier molecular flexibility index (Phi) is 6.34. The summed E-state index contributed by atoms with van der Waals surface area (Å²) in [5.41, 5.74) is 0. The number of halogens is 2. The molecule has 2 atom stereocenters. The minimum Gasteiger partial charge on any atom is -0.311 e. The van der Waals surface area contributed by atoms with Gasteiger partial charge >= 0.3 is 0 Å². The Hall–Kier alpha value is -0.220. The van der Waals surface area contributed by atoms with E-state index in [9.17, 15) is 8.78 Å². The molecule has 102 valence electrons. The molecule has 0 aliphatic carbocycles. The topological polar surface area (TPSA) is 15.3 Å². The zero-order valence-electron chi connectivity index (χ0n) is 11.3. The van der Waals surface area contributed by atoms with Crippen molar-refractivity contribution in [2.75, 3.05) is 19.6 Å². The van der Waals surface area contributed by atoms with Crippen LogP contribution in [0.3, 0.4) is 0 Å². The van der Waals surface area contributed by atoms with Crippen LogP contribution in [0.5, 0.6) is 0 Å². The van der Waals surface area contributed by atoms with Gasteiger partial charge in [0.2, 0.25) is 0 Å². The maximum atomic E-state index is 12.6. The highest BCUT2D eigenvalue weighted by Gasteiger charge is 2.29. The van der Waals surface area contributed by atoms with Gasteiger partial charge in [-0.3, -0.25) is 4.90 Å². The molecular weight excluding hydrogens is 222 g/mol. The van der Waals surface area contributed by atoms with Gasteiger partial charge in [0.25, 0.3) is 6.43 Å². The van der Waals surface area contributed by atoms with Gasteiger partial charge in [-0.25, -0.2) is 8.78 Å². The summed E-state index contributed by atoms with van der Waals surface area (Å²) in [6.45, 7) is 8.03. The Morgan fingerprint density at radius 1 is 1.35 bits per heavy atom. The second-order valence-corrected chi connectivity index (χ2v) is 5.52. The molecule has 0 aromatic carbocycles. The van der Waals surface area contributed by atoms with E-state index in [1.54, 1.807) is 0 Å². The molecule has 0 radical (unpaired) electrons. The molecule has 2 unspecified atom stereocenters. The summed E-state index contributed by atoms with van der Waals surface area (Å²) < 4.78 is 25.1. The van der Waals surface area contributed by atoms with Crippen molar-refractivity contribution < 1.29 is 8.78 Å². The Balaban J connectivity index is 2.50. The van der Waals surface area contributed by atoms with Crippen molar-refractivity contribution in [1.82, 2.24) is 10.2 Å². The molecule has 1 aliphatic rings. The fraction of sp³-hybridized carbons (Fsp3) is 1.00. The Morgan fingerprint density at radius 3 is 2.59 bits per heavy atom. The first-order valence-corrected chi connectivity index (χ1v) is 6.78. The van der Waals surface area contributed by atoms with Crippen molar-refractivity contribution in [3.63, 3.8) is 0 Å². The molecule has 2 nitrogen and oxygen atoms in total. The normalized spacial score (nSPS) is 27.0. The monoisotopic (exact) mass is 248 g/mol. The van der Waals surface area contributed by atoms with E-state index in [1.165, 1.54) is 0 Å². The summed E-state index contributed by atoms with van der Waals surface area (Å²) in [6, 6.07) is 0.666. The Morgan fingerprint density at radius 2 is 2.06 bits per heavy atom. The SMILES string of the molecule is CCCC1CNC(CC(C)C)CN1CC(F)F. The quantitative estimate of drug-likeness (QED) is 0.777. The van der Waals surface area contributed by atoms with Gasteiger partial charge in [-0.15, -0.1) is 0 Å². The van der Waals surface area contributed by atoms with E-state index >= 15 is 0 Å². The van der Waals surface area contributed by atoms with Gasteiger partial charge < -0.3 is 5.32 Å². The van der Waals surface area contributed by atoms with E-state index in [0.717, 1.165) is 32.4 Å². The highest BCUT2D eigenvalue weighted by Crippen LogP contribution is 2.17. The van der Waals surface area contributed by atoms with Crippen LogP contribution in [0.4, 0.5) is 8.78 Å². The van der Waals surface area contributed by atoms with Crippen LogP contribution < -0.4 is 5.32 Å². The molecule has 0 spiro atoms. The van der Waals surface area contributed by atoms with Gasteiger partial charge in [-0.1, -0.05) is 27.2 Å². The largest absolute Gasteiger partial charge is 0.311 e. The summed E-state index contributed by atoms with van der Waals surface area (Å²) in [6.07, 6.45) is 0.917. The van der Waals surface area contributed by atoms with Crippen LogP contribution >= 0.6 is 0 Å². The molecule has 1 aliphatic heterocycles. The maximum Gasteiger partial charge on any atom is 0.251 e. The summed E-state index contributed by atoms with van der Waals surface area (Å²) in [7, 11) is 0. The van der Waals surface area contributed by atoms with E-state index < -0.39 is 6.43 Å². The second-order valence-electron chi connectivity index (χ2n) is 5.52. The van der Waals surface area contributed by atoms with Gasteiger partial charge in [0.05, 0.1) is 6.54 Å². The van der Waals surface area contributed by atoms with E-state index in [-0.39, 0.29) is 12.6 Å². The average Bonchev–Trinajstić information content (AvgIpc) is 2.20. The predicted octanol–water partition coefficient (Wildman–Crippen LogP) is 2.74. The fourth-order valence-electron chi connectivity index (χ4n) is 2.67. The molecule has 17 heavy (non-hydrogen) atoms. The predicted molar refractivity (Wildman–Crippen MR) is 67.5 cm³/mol. The zero-order chi connectivity index (χ0) is 12.8. The van der Waals surface area contributed by atoms with Crippen molar-refractivity contribution in [2.24, 2.45) is 5.92 Å². The summed E-state index contributed by atoms with van der Waals surface area (Å²) >= 11 is 0. The van der Waals surface area contributed by atoms with Gasteiger partial charge in [0.1, 0.15) is 0 Å². The highest BCUT2D eigenvalue weighted by molar-refractivity contribution is 4.86. The van der Waals surface area contributed by atoms with E-state index in [4.69, 9.17) is 0 Å². The lowest BCUT2D eigenvalue weighted by Gasteiger charge is -2.40. The summed E-state index contributed by atoms with van der Waals surface area (Å²) in [5, 5.41) is 3.50. The third kappa shape index (κ3) is 5.30. The van der Waals surface area contributed by atoms with Gasteiger partial charge in [-0.05, 0) is 18.8 Å². The van der Waals surface area contributed by atoms with Crippen LogP contribution in [0.2, 0.25) is 0 Å². The third-order valence-corrected chi connectivity index (χ3v) is 3.36. The maximum absolute atomic E-state index is 12.6. The number of alkyl halides is 2. The first-order valence-electron chi connectivity index (χ1n) is 6.78. The molecule has 0 aromatic rings. The number of nitrogens with zero attached hydrogens (tertiary/aromatic N) is 1. The van der Waals surface area contributed by atoms with E-state index in [1.807, 2.05) is 4.90 Å². The smallest absolute Gasteiger partial charge is 0.251 e. The molecule has 1 fully saturated rings. The highest BCUT2D eigenvalue weighted by atomic mass is 19.3. The second kappa shape index (κ2) is 7.27. The van der Waals surface area contributed by atoms with Crippen molar-refractivity contribution >= 4 is 0 Å². The van der Waals surface area contributed by atoms with Crippen molar-refractivity contribution in [2.45, 2.75) is 58.5 Å². The molecule has 0 bridgehead atoms. The average molecular weight is 248 g/mol. The van der Waals surface area contributed by atoms with E-state index in [0.29, 0.717) is 12.0 Å². The molecule has 1 heterocycles. The molecule has 4 heteroatoms. The first-order chi connectivity index (χ1) is 8.02. The first kappa shape index (κ1) is 14.8. The van der Waals surface area contributed by atoms with Crippen molar-refractivity contribution in [1.29, 1.82) is 0 Å². The van der Waals surface area contributed by atoms with Crippen LogP contribution in [-0.2, 0) is 0 Å².